The van der Waals surface area contributed by atoms with Crippen LogP contribution in [0.1, 0.15) is 24.0 Å². The smallest absolute Gasteiger partial charge is 0.332 e. The molecule has 0 aromatic heterocycles. The molecule has 5 nitrogen and oxygen atoms in total. The third kappa shape index (κ3) is 2.76. The number of hydrogen-bond donors (Lipinski definition) is 1. The van der Waals surface area contributed by atoms with E-state index in [1.165, 1.54) is 0 Å². The molecule has 112 valence electrons. The molecule has 2 atom stereocenters. The Balaban J connectivity index is 1.69. The number of fused-ring (bicyclic) bond motifs is 1. The molecule has 1 aromatic rings. The molecule has 1 amide bonds. The zero-order chi connectivity index (χ0) is 15.0. The molecule has 2 aliphatic heterocycles. The largest absolute Gasteiger partial charge is 0.479 e. The van der Waals surface area contributed by atoms with Crippen molar-refractivity contribution in [3.8, 4) is 0 Å². The fourth-order valence-electron chi connectivity index (χ4n) is 2.96. The van der Waals surface area contributed by atoms with Crippen molar-refractivity contribution in [2.45, 2.75) is 38.0 Å². The van der Waals surface area contributed by atoms with Crippen molar-refractivity contribution in [2.24, 2.45) is 0 Å². The lowest BCUT2D eigenvalue weighted by Crippen LogP contribution is -2.42. The van der Waals surface area contributed by atoms with E-state index in [-0.39, 0.29) is 5.91 Å². The van der Waals surface area contributed by atoms with E-state index in [1.54, 1.807) is 4.90 Å². The number of halogens is 1. The Morgan fingerprint density at radius 2 is 2.05 bits per heavy atom. The molecule has 0 unspecified atom stereocenters. The van der Waals surface area contributed by atoms with Gasteiger partial charge in [0.25, 0.3) is 5.91 Å². The van der Waals surface area contributed by atoms with Gasteiger partial charge in [-0.25, -0.2) is 4.79 Å². The predicted octanol–water partition coefficient (Wildman–Crippen LogP) is 1.86. The fourth-order valence-corrected chi connectivity index (χ4v) is 3.24. The summed E-state index contributed by atoms with van der Waals surface area (Å²) in [7, 11) is 0. The Kier molecular flexibility index (Phi) is 3.87. The Bertz CT molecular complexity index is 589. The van der Waals surface area contributed by atoms with Crippen molar-refractivity contribution in [3.63, 3.8) is 0 Å². The highest BCUT2D eigenvalue weighted by atomic mass is 35.5. The van der Waals surface area contributed by atoms with E-state index in [1.807, 2.05) is 18.2 Å². The molecule has 2 aliphatic rings. The van der Waals surface area contributed by atoms with Gasteiger partial charge < -0.3 is 14.7 Å². The topological polar surface area (TPSA) is 66.8 Å². The second-order valence-electron chi connectivity index (χ2n) is 5.42. The standard InChI is InChI=1S/C15H16ClNO4/c16-11-3-1-2-9-8-17(7-6-10(9)11)14(18)12-4-5-13(21-12)15(19)20/h1-3,12-13H,4-8H2,(H,19,20)/t12-,13+/m0/s1. The molecule has 1 aromatic carbocycles. The number of carbonyl (C=O) groups is 2. The van der Waals surface area contributed by atoms with Gasteiger partial charge in [-0.3, -0.25) is 4.79 Å². The van der Waals surface area contributed by atoms with Gasteiger partial charge in [-0.1, -0.05) is 23.7 Å². The lowest BCUT2D eigenvalue weighted by Gasteiger charge is -2.31. The van der Waals surface area contributed by atoms with E-state index in [0.717, 1.165) is 22.6 Å². The van der Waals surface area contributed by atoms with Crippen LogP contribution in [0.4, 0.5) is 0 Å². The Morgan fingerprint density at radius 3 is 2.76 bits per heavy atom. The number of rotatable bonds is 2. The maximum absolute atomic E-state index is 12.4. The molecule has 1 fully saturated rings. The lowest BCUT2D eigenvalue weighted by molar-refractivity contribution is -0.155. The SMILES string of the molecule is O=C(O)[C@H]1CC[C@@H](C(=O)N2CCc3c(Cl)cccc3C2)O1. The number of nitrogens with zero attached hydrogens (tertiary/aromatic N) is 1. The molecular formula is C15H16ClNO4. The van der Waals surface area contributed by atoms with Crippen molar-refractivity contribution in [1.29, 1.82) is 0 Å². The number of carboxylic acids is 1. The van der Waals surface area contributed by atoms with Crippen molar-refractivity contribution < 1.29 is 19.4 Å². The highest BCUT2D eigenvalue weighted by molar-refractivity contribution is 6.31. The third-order valence-electron chi connectivity index (χ3n) is 4.09. The van der Waals surface area contributed by atoms with Gasteiger partial charge in [0.1, 0.15) is 6.10 Å². The molecule has 1 saturated heterocycles. The summed E-state index contributed by atoms with van der Waals surface area (Å²) >= 11 is 6.16. The molecule has 0 spiro atoms. The zero-order valence-corrected chi connectivity index (χ0v) is 12.2. The summed E-state index contributed by atoms with van der Waals surface area (Å²) in [6.45, 7) is 1.10. The van der Waals surface area contributed by atoms with Gasteiger partial charge in [-0.05, 0) is 36.5 Å². The Morgan fingerprint density at radius 1 is 1.29 bits per heavy atom. The molecule has 0 aliphatic carbocycles. The summed E-state index contributed by atoms with van der Waals surface area (Å²) in [5, 5.41) is 9.66. The minimum absolute atomic E-state index is 0.121. The van der Waals surface area contributed by atoms with Gasteiger partial charge >= 0.3 is 5.97 Å². The Labute approximate surface area is 127 Å². The first-order valence-electron chi connectivity index (χ1n) is 6.99. The monoisotopic (exact) mass is 309 g/mol. The number of ether oxygens (including phenoxy) is 1. The average molecular weight is 310 g/mol. The van der Waals surface area contributed by atoms with Gasteiger partial charge in [0.2, 0.25) is 0 Å². The van der Waals surface area contributed by atoms with E-state index >= 15 is 0 Å². The van der Waals surface area contributed by atoms with Crippen LogP contribution in [0.5, 0.6) is 0 Å². The minimum atomic E-state index is -0.999. The minimum Gasteiger partial charge on any atom is -0.479 e. The van der Waals surface area contributed by atoms with Crippen molar-refractivity contribution >= 4 is 23.5 Å². The molecule has 0 bridgehead atoms. The molecule has 3 rings (SSSR count). The van der Waals surface area contributed by atoms with E-state index in [0.29, 0.717) is 25.9 Å². The molecule has 21 heavy (non-hydrogen) atoms. The van der Waals surface area contributed by atoms with Gasteiger partial charge in [-0.15, -0.1) is 0 Å². The fraction of sp³-hybridized carbons (Fsp3) is 0.467. The summed E-state index contributed by atoms with van der Waals surface area (Å²) in [6.07, 6.45) is 0.0873. The molecule has 0 saturated carbocycles. The predicted molar refractivity (Wildman–Crippen MR) is 76.1 cm³/mol. The van der Waals surface area contributed by atoms with E-state index in [2.05, 4.69) is 0 Å². The maximum Gasteiger partial charge on any atom is 0.332 e. The number of aliphatic carboxylic acids is 1. The summed E-state index contributed by atoms with van der Waals surface area (Å²) in [6, 6.07) is 5.70. The van der Waals surface area contributed by atoms with Crippen LogP contribution in [0.15, 0.2) is 18.2 Å². The van der Waals surface area contributed by atoms with Crippen LogP contribution in [0, 0.1) is 0 Å². The first-order chi connectivity index (χ1) is 10.1. The maximum atomic E-state index is 12.4. The highest BCUT2D eigenvalue weighted by Gasteiger charge is 2.37. The summed E-state index contributed by atoms with van der Waals surface area (Å²) in [5.41, 5.74) is 2.15. The van der Waals surface area contributed by atoms with Gasteiger partial charge in [0.05, 0.1) is 0 Å². The third-order valence-corrected chi connectivity index (χ3v) is 4.45. The van der Waals surface area contributed by atoms with Crippen LogP contribution in [-0.2, 0) is 27.3 Å². The number of carbonyl (C=O) groups excluding carboxylic acids is 1. The van der Waals surface area contributed by atoms with Crippen molar-refractivity contribution in [3.05, 3.63) is 34.3 Å². The second kappa shape index (κ2) is 5.66. The number of benzene rings is 1. The molecule has 6 heteroatoms. The Hall–Kier alpha value is -1.59. The van der Waals surface area contributed by atoms with Crippen LogP contribution in [0.25, 0.3) is 0 Å². The molecule has 0 radical (unpaired) electrons. The molecule has 2 heterocycles. The van der Waals surface area contributed by atoms with Gasteiger partial charge in [0, 0.05) is 18.1 Å². The zero-order valence-electron chi connectivity index (χ0n) is 11.4. The first kappa shape index (κ1) is 14.4. The van der Waals surface area contributed by atoms with Crippen LogP contribution in [-0.4, -0.2) is 40.6 Å². The van der Waals surface area contributed by atoms with Crippen molar-refractivity contribution in [2.75, 3.05) is 6.54 Å². The molecular weight excluding hydrogens is 294 g/mol. The number of carboxylic acid groups (broad SMARTS) is 1. The van der Waals surface area contributed by atoms with Gasteiger partial charge in [0.15, 0.2) is 6.10 Å². The van der Waals surface area contributed by atoms with Crippen LogP contribution >= 0.6 is 11.6 Å². The first-order valence-corrected chi connectivity index (χ1v) is 7.37. The summed E-state index contributed by atoms with van der Waals surface area (Å²) in [5.74, 6) is -1.12. The number of hydrogen-bond acceptors (Lipinski definition) is 3. The lowest BCUT2D eigenvalue weighted by atomic mass is 9.99. The van der Waals surface area contributed by atoms with Gasteiger partial charge in [-0.2, -0.15) is 0 Å². The highest BCUT2D eigenvalue weighted by Crippen LogP contribution is 2.28. The van der Waals surface area contributed by atoms with Crippen LogP contribution in [0.2, 0.25) is 5.02 Å². The van der Waals surface area contributed by atoms with Crippen LogP contribution in [0.3, 0.4) is 0 Å². The van der Waals surface area contributed by atoms with Crippen LogP contribution < -0.4 is 0 Å². The summed E-state index contributed by atoms with van der Waals surface area (Å²) in [4.78, 5) is 25.1. The van der Waals surface area contributed by atoms with E-state index < -0.39 is 18.2 Å². The average Bonchev–Trinajstić information content (AvgIpc) is 2.96. The molecule has 1 N–H and O–H groups in total. The summed E-state index contributed by atoms with van der Waals surface area (Å²) < 4.78 is 5.33. The quantitative estimate of drug-likeness (QED) is 0.905. The normalized spacial score (nSPS) is 24.7. The number of amides is 1. The second-order valence-corrected chi connectivity index (χ2v) is 5.82. The van der Waals surface area contributed by atoms with E-state index in [4.69, 9.17) is 21.4 Å². The van der Waals surface area contributed by atoms with Crippen molar-refractivity contribution in [1.82, 2.24) is 4.90 Å². The van der Waals surface area contributed by atoms with E-state index in [9.17, 15) is 9.59 Å².